The van der Waals surface area contributed by atoms with Gasteiger partial charge in [-0.3, -0.25) is 15.0 Å². The van der Waals surface area contributed by atoms with Crippen LogP contribution < -0.4 is 0 Å². The third-order valence-electron chi connectivity index (χ3n) is 12.1. The summed E-state index contributed by atoms with van der Waals surface area (Å²) in [5.41, 5.74) is 20.7. The van der Waals surface area contributed by atoms with Gasteiger partial charge in [-0.2, -0.15) is 0 Å². The van der Waals surface area contributed by atoms with E-state index in [0.29, 0.717) is 0 Å². The first-order valence-corrected chi connectivity index (χ1v) is 22.1. The first kappa shape index (κ1) is 40.1. The van der Waals surface area contributed by atoms with E-state index >= 15 is 0 Å². The van der Waals surface area contributed by atoms with Crippen LogP contribution in [0.3, 0.4) is 0 Å². The van der Waals surface area contributed by atoms with Crippen molar-refractivity contribution in [2.45, 2.75) is 25.7 Å². The Kier molecular flexibility index (Phi) is 11.9. The summed E-state index contributed by atoms with van der Waals surface area (Å²) in [4.78, 5) is 14.8. The van der Waals surface area contributed by atoms with Crippen LogP contribution in [-0.4, -0.2) is 15.0 Å². The summed E-state index contributed by atoms with van der Waals surface area (Å²) in [5, 5.41) is 0. The van der Waals surface area contributed by atoms with Gasteiger partial charge in [0.25, 0.3) is 0 Å². The van der Waals surface area contributed by atoms with Crippen LogP contribution in [0.1, 0.15) is 22.3 Å². The number of hydrogen-bond acceptors (Lipinski definition) is 3. The van der Waals surface area contributed by atoms with Gasteiger partial charge in [0.05, 0.1) is 17.1 Å². The zero-order valence-corrected chi connectivity index (χ0v) is 35.7. The molecule has 306 valence electrons. The van der Waals surface area contributed by atoms with E-state index in [4.69, 9.17) is 15.0 Å². The predicted octanol–water partition coefficient (Wildman–Crippen LogP) is 15.1. The number of nitrogens with zero attached hydrogens (tertiary/aromatic N) is 3. The fourth-order valence-corrected chi connectivity index (χ4v) is 8.61. The average molecular weight is 822 g/mol. The van der Waals surface area contributed by atoms with Gasteiger partial charge in [0.15, 0.2) is 0 Å². The van der Waals surface area contributed by atoms with Gasteiger partial charge in [-0.15, -0.1) is 0 Å². The maximum absolute atomic E-state index is 5.11. The van der Waals surface area contributed by atoms with Crippen molar-refractivity contribution in [2.24, 2.45) is 0 Å². The SMILES string of the molecule is c1ccc(-c2ccc(-c3cc(-c4ccccc4)ncc3-c3ccccc3-c3cc(CCc4ccc(-c5ccccc5)nc4)cc(CCc4ccc(-c5ccccc5)nc4)c3)cc2)cc1. The highest BCUT2D eigenvalue weighted by atomic mass is 14.7. The molecular weight excluding hydrogens is 775 g/mol. The molecule has 0 aliphatic carbocycles. The summed E-state index contributed by atoms with van der Waals surface area (Å²) in [7, 11) is 0. The Bertz CT molecular complexity index is 2990. The van der Waals surface area contributed by atoms with Crippen molar-refractivity contribution >= 4 is 0 Å². The maximum Gasteiger partial charge on any atom is 0.0708 e. The third-order valence-corrected chi connectivity index (χ3v) is 12.1. The largest absolute Gasteiger partial charge is 0.256 e. The second-order valence-corrected chi connectivity index (χ2v) is 16.3. The Labute approximate surface area is 376 Å². The van der Waals surface area contributed by atoms with E-state index in [1.165, 1.54) is 44.5 Å². The maximum atomic E-state index is 5.11. The van der Waals surface area contributed by atoms with E-state index in [-0.39, 0.29) is 0 Å². The summed E-state index contributed by atoms with van der Waals surface area (Å²) in [5.74, 6) is 0. The minimum atomic E-state index is 0.894. The predicted molar refractivity (Wildman–Crippen MR) is 266 cm³/mol. The van der Waals surface area contributed by atoms with E-state index in [1.807, 2.05) is 24.5 Å². The number of benzene rings is 7. The molecule has 0 amide bonds. The highest BCUT2D eigenvalue weighted by Gasteiger charge is 2.17. The van der Waals surface area contributed by atoms with Gasteiger partial charge in [-0.1, -0.05) is 200 Å². The number of aryl methyl sites for hydroxylation is 4. The second kappa shape index (κ2) is 18.9. The van der Waals surface area contributed by atoms with E-state index < -0.39 is 0 Å². The smallest absolute Gasteiger partial charge is 0.0708 e. The minimum Gasteiger partial charge on any atom is -0.256 e. The average Bonchev–Trinajstić information content (AvgIpc) is 3.38. The molecule has 64 heavy (non-hydrogen) atoms. The lowest BCUT2D eigenvalue weighted by Crippen LogP contribution is -1.99. The first-order valence-electron chi connectivity index (χ1n) is 22.1. The lowest BCUT2D eigenvalue weighted by atomic mass is 9.87. The molecule has 3 aromatic heterocycles. The van der Waals surface area contributed by atoms with Crippen molar-refractivity contribution in [2.75, 3.05) is 0 Å². The fraction of sp³-hybridized carbons (Fsp3) is 0.0656. The molecule has 0 radical (unpaired) electrons. The molecule has 0 saturated heterocycles. The second-order valence-electron chi connectivity index (χ2n) is 16.3. The fourth-order valence-electron chi connectivity index (χ4n) is 8.61. The van der Waals surface area contributed by atoms with Crippen molar-refractivity contribution in [3.05, 3.63) is 259 Å². The van der Waals surface area contributed by atoms with Gasteiger partial charge in [-0.25, -0.2) is 0 Å². The van der Waals surface area contributed by atoms with Crippen LogP contribution in [0.5, 0.6) is 0 Å². The first-order chi connectivity index (χ1) is 31.7. The molecule has 3 heterocycles. The standard InChI is InChI=1S/C61H47N3/c1-5-15-48(16-6-1)49-31-33-50(34-32-49)57-40-61(53-21-11-4-12-22-53)64-43-58(57)56-24-14-13-23-55(56)54-38-46(27-25-44-29-35-59(62-41-44)51-17-7-2-8-18-51)37-47(39-54)28-26-45-30-36-60(63-42-45)52-19-9-3-10-20-52/h1-24,29-43H,25-28H2. The molecule has 3 heteroatoms. The normalized spacial score (nSPS) is 11.1. The number of rotatable bonds is 13. The molecule has 3 nitrogen and oxygen atoms in total. The molecule has 0 spiro atoms. The lowest BCUT2D eigenvalue weighted by molar-refractivity contribution is 0.923. The lowest BCUT2D eigenvalue weighted by Gasteiger charge is -2.18. The van der Waals surface area contributed by atoms with Crippen molar-refractivity contribution in [1.29, 1.82) is 0 Å². The van der Waals surface area contributed by atoms with Crippen LogP contribution in [0.15, 0.2) is 237 Å². The van der Waals surface area contributed by atoms with Gasteiger partial charge in [0.2, 0.25) is 0 Å². The Balaban J connectivity index is 1.01. The van der Waals surface area contributed by atoms with E-state index in [9.17, 15) is 0 Å². The summed E-state index contributed by atoms with van der Waals surface area (Å²) in [6.07, 6.45) is 9.73. The molecule has 0 bridgehead atoms. The van der Waals surface area contributed by atoms with Crippen LogP contribution >= 0.6 is 0 Å². The number of pyridine rings is 3. The number of hydrogen-bond donors (Lipinski definition) is 0. The number of aromatic nitrogens is 3. The molecule has 0 N–H and O–H groups in total. The van der Waals surface area contributed by atoms with Crippen LogP contribution in [0.25, 0.3) is 78.3 Å². The van der Waals surface area contributed by atoms with E-state index in [2.05, 4.69) is 212 Å². The van der Waals surface area contributed by atoms with Crippen molar-refractivity contribution in [1.82, 2.24) is 15.0 Å². The van der Waals surface area contributed by atoms with E-state index in [0.717, 1.165) is 81.7 Å². The topological polar surface area (TPSA) is 38.7 Å². The summed E-state index contributed by atoms with van der Waals surface area (Å²) in [6, 6.07) is 77.8. The zero-order valence-electron chi connectivity index (χ0n) is 35.7. The minimum absolute atomic E-state index is 0.894. The van der Waals surface area contributed by atoms with Crippen LogP contribution in [0.2, 0.25) is 0 Å². The molecule has 0 saturated carbocycles. The summed E-state index contributed by atoms with van der Waals surface area (Å²) in [6.45, 7) is 0. The molecule has 0 aliphatic rings. The molecule has 10 rings (SSSR count). The van der Waals surface area contributed by atoms with Gasteiger partial charge in [0.1, 0.15) is 0 Å². The van der Waals surface area contributed by atoms with Crippen molar-refractivity contribution < 1.29 is 0 Å². The Morgan fingerprint density at radius 2 is 0.625 bits per heavy atom. The molecule has 10 aromatic rings. The van der Waals surface area contributed by atoms with Crippen LogP contribution in [-0.2, 0) is 25.7 Å². The molecule has 0 fully saturated rings. The Hall–Kier alpha value is -8.01. The molecule has 7 aromatic carbocycles. The molecule has 0 aliphatic heterocycles. The zero-order chi connectivity index (χ0) is 42.9. The Morgan fingerprint density at radius 1 is 0.219 bits per heavy atom. The molecule has 0 atom stereocenters. The highest BCUT2D eigenvalue weighted by Crippen LogP contribution is 2.40. The van der Waals surface area contributed by atoms with Gasteiger partial charge < -0.3 is 0 Å². The molecule has 0 unspecified atom stereocenters. The van der Waals surface area contributed by atoms with Gasteiger partial charge in [0, 0.05) is 40.8 Å². The van der Waals surface area contributed by atoms with Gasteiger partial charge in [-0.05, 0) is 105 Å². The van der Waals surface area contributed by atoms with E-state index in [1.54, 1.807) is 0 Å². The molecular formula is C61H47N3. The third kappa shape index (κ3) is 9.25. The Morgan fingerprint density at radius 3 is 1.12 bits per heavy atom. The summed E-state index contributed by atoms with van der Waals surface area (Å²) < 4.78 is 0. The quantitative estimate of drug-likeness (QED) is 0.116. The van der Waals surface area contributed by atoms with Crippen molar-refractivity contribution in [3.63, 3.8) is 0 Å². The highest BCUT2D eigenvalue weighted by molar-refractivity contribution is 5.93. The summed E-state index contributed by atoms with van der Waals surface area (Å²) >= 11 is 0. The monoisotopic (exact) mass is 821 g/mol. The van der Waals surface area contributed by atoms with Crippen molar-refractivity contribution in [3.8, 4) is 78.3 Å². The van der Waals surface area contributed by atoms with Gasteiger partial charge >= 0.3 is 0 Å². The van der Waals surface area contributed by atoms with Crippen LogP contribution in [0.4, 0.5) is 0 Å². The van der Waals surface area contributed by atoms with Crippen LogP contribution in [0, 0.1) is 0 Å².